The van der Waals surface area contributed by atoms with Gasteiger partial charge in [0.15, 0.2) is 0 Å². The average molecular weight is 1430 g/mol. The van der Waals surface area contributed by atoms with E-state index >= 15 is 0 Å². The predicted octanol–water partition coefficient (Wildman–Crippen LogP) is 19.9. The van der Waals surface area contributed by atoms with Gasteiger partial charge in [-0.3, -0.25) is 14.4 Å². The van der Waals surface area contributed by atoms with Crippen molar-refractivity contribution >= 4 is 93.2 Å². The van der Waals surface area contributed by atoms with Crippen molar-refractivity contribution < 1.29 is 57.1 Å². The SMILES string of the molecule is CCNCCCOc1ccc(-c2c(C(=O)c3cc(C)ccc3C)sc3cc(O)ccc23)cc1.CCNCCCOc1ccc(-c2c(C(=O)c3ccc(C(F)(F)F)cc3)sc3cc(O)ccc23)cc1.CCNCCCOc1ccc(-c2c(C(=O)c3ccc(Cl)cc3)sc3cc(O)ccc23)cc1. The molecule has 0 amide bonds. The number of carbonyl (C=O) groups is 3. The van der Waals surface area contributed by atoms with E-state index in [1.165, 1.54) is 46.1 Å². The van der Waals surface area contributed by atoms with Crippen LogP contribution in [0.1, 0.15) is 102 Å². The van der Waals surface area contributed by atoms with E-state index in [9.17, 15) is 42.9 Å². The second-order valence-electron chi connectivity index (χ2n) is 23.6. The molecule has 12 nitrogen and oxygen atoms in total. The first-order chi connectivity index (χ1) is 48.3. The van der Waals surface area contributed by atoms with Crippen molar-refractivity contribution in [3.63, 3.8) is 0 Å². The molecular weight excluding hydrogens is 1350 g/mol. The Morgan fingerprint density at radius 2 is 0.770 bits per heavy atom. The van der Waals surface area contributed by atoms with Crippen LogP contribution in [0.4, 0.5) is 13.2 Å². The third kappa shape index (κ3) is 18.5. The highest BCUT2D eigenvalue weighted by Crippen LogP contribution is 2.45. The van der Waals surface area contributed by atoms with Gasteiger partial charge < -0.3 is 45.5 Å². The maximum Gasteiger partial charge on any atom is 0.416 e. The van der Waals surface area contributed by atoms with Crippen molar-refractivity contribution in [2.75, 3.05) is 59.1 Å². The molecule has 0 aliphatic rings. The minimum absolute atomic E-state index is 0.00985. The van der Waals surface area contributed by atoms with Gasteiger partial charge in [0.25, 0.3) is 0 Å². The van der Waals surface area contributed by atoms with E-state index in [0.717, 1.165) is 147 Å². The van der Waals surface area contributed by atoms with Crippen molar-refractivity contribution in [3.8, 4) is 67.9 Å². The summed E-state index contributed by atoms with van der Waals surface area (Å²) in [6.07, 6.45) is -1.71. The van der Waals surface area contributed by atoms with E-state index in [0.29, 0.717) is 66.6 Å². The predicted molar refractivity (Wildman–Crippen MR) is 402 cm³/mol. The van der Waals surface area contributed by atoms with E-state index in [2.05, 4.69) is 29.8 Å². The summed E-state index contributed by atoms with van der Waals surface area (Å²) in [4.78, 5) is 42.2. The molecule has 0 aliphatic carbocycles. The molecule has 12 rings (SSSR count). The molecule has 0 aliphatic heterocycles. The van der Waals surface area contributed by atoms with Gasteiger partial charge >= 0.3 is 6.18 Å². The van der Waals surface area contributed by atoms with Gasteiger partial charge in [0.2, 0.25) is 17.3 Å². The Balaban J connectivity index is 0.000000162. The van der Waals surface area contributed by atoms with Crippen LogP contribution in [0.25, 0.3) is 63.6 Å². The molecule has 3 heterocycles. The molecule has 0 spiro atoms. The zero-order valence-corrected chi connectivity index (χ0v) is 59.2. The van der Waals surface area contributed by atoms with E-state index in [-0.39, 0.29) is 40.2 Å². The van der Waals surface area contributed by atoms with Crippen molar-refractivity contribution in [2.45, 2.75) is 60.1 Å². The van der Waals surface area contributed by atoms with Gasteiger partial charge in [-0.05, 0) is 228 Å². The highest BCUT2D eigenvalue weighted by molar-refractivity contribution is 7.22. The molecule has 0 saturated carbocycles. The number of alkyl halides is 3. The van der Waals surface area contributed by atoms with Crippen LogP contribution in [0, 0.1) is 13.8 Å². The van der Waals surface area contributed by atoms with Crippen LogP contribution in [0.15, 0.2) is 194 Å². The third-order valence-electron chi connectivity index (χ3n) is 16.3. The standard InChI is InChI=1S/C28H29NO3S.C27H24F3NO3S.C26H24ClNO3S/c1-4-29-14-5-15-32-22-11-8-20(9-12-22)26-23-13-10-21(30)17-25(23)33-28(26)27(31)24-16-18(2)6-7-19(24)3;1-2-31-14-3-15-34-21-11-6-17(7-12-21)24-22-13-10-20(32)16-23(22)35-26(24)25(33)18-4-8-19(9-5-18)27(28,29)30;1-2-28-14-3-15-31-21-11-6-17(7-12-21)24-22-13-10-20(29)16-23(22)32-26(24)25(30)18-4-8-19(27)9-5-18/h6-13,16-17,29-30H,4-5,14-15H2,1-3H3;4-13,16,31-32H,2-3,14-15H2,1H3;4-13,16,28-29H,2-3,14-15H2,1H3. The van der Waals surface area contributed by atoms with Crippen molar-refractivity contribution in [2.24, 2.45) is 0 Å². The van der Waals surface area contributed by atoms with Crippen LogP contribution >= 0.6 is 45.6 Å². The zero-order chi connectivity index (χ0) is 70.9. The molecule has 19 heteroatoms. The number of hydrogen-bond donors (Lipinski definition) is 6. The van der Waals surface area contributed by atoms with Gasteiger partial charge in [0.1, 0.15) is 34.5 Å². The summed E-state index contributed by atoms with van der Waals surface area (Å²) in [5.74, 6) is 2.33. The Labute approximate surface area is 596 Å². The van der Waals surface area contributed by atoms with Crippen molar-refractivity contribution in [1.29, 1.82) is 0 Å². The molecule has 516 valence electrons. The number of halogens is 4. The molecule has 0 unspecified atom stereocenters. The summed E-state index contributed by atoms with van der Waals surface area (Å²) in [5.41, 5.74) is 7.76. The highest BCUT2D eigenvalue weighted by Gasteiger charge is 2.31. The molecule has 0 radical (unpaired) electrons. The molecule has 0 fully saturated rings. The van der Waals surface area contributed by atoms with Crippen molar-refractivity contribution in [1.82, 2.24) is 16.0 Å². The van der Waals surface area contributed by atoms with Crippen LogP contribution in [0.2, 0.25) is 5.02 Å². The second kappa shape index (κ2) is 34.6. The summed E-state index contributed by atoms with van der Waals surface area (Å²) in [5, 5.41) is 43.0. The molecule has 3 aromatic heterocycles. The summed E-state index contributed by atoms with van der Waals surface area (Å²) in [7, 11) is 0. The third-order valence-corrected chi connectivity index (χ3v) is 20.0. The first kappa shape index (κ1) is 73.3. The monoisotopic (exact) mass is 1420 g/mol. The maximum atomic E-state index is 13.7. The normalized spacial score (nSPS) is 11.3. The van der Waals surface area contributed by atoms with Crippen LogP contribution < -0.4 is 30.2 Å². The molecule has 12 aromatic rings. The van der Waals surface area contributed by atoms with Gasteiger partial charge in [0.05, 0.1) is 40.0 Å². The van der Waals surface area contributed by atoms with Crippen LogP contribution in [0.3, 0.4) is 0 Å². The molecule has 0 bridgehead atoms. The Kier molecular flexibility index (Phi) is 25.4. The van der Waals surface area contributed by atoms with Crippen LogP contribution in [-0.4, -0.2) is 91.8 Å². The Hall–Kier alpha value is -9.37. The number of aromatic hydroxyl groups is 3. The van der Waals surface area contributed by atoms with Gasteiger partial charge in [-0.15, -0.1) is 34.0 Å². The van der Waals surface area contributed by atoms with Gasteiger partial charge in [0, 0.05) is 68.7 Å². The number of phenols is 3. The van der Waals surface area contributed by atoms with Gasteiger partial charge in [-0.1, -0.05) is 98.6 Å². The van der Waals surface area contributed by atoms with Crippen LogP contribution in [0.5, 0.6) is 34.5 Å². The summed E-state index contributed by atoms with van der Waals surface area (Å²) < 4.78 is 58.8. The number of benzene rings is 9. The van der Waals surface area contributed by atoms with E-state index in [1.807, 2.05) is 124 Å². The first-order valence-electron chi connectivity index (χ1n) is 33.0. The number of ketones is 3. The summed E-state index contributed by atoms with van der Waals surface area (Å²) in [6.45, 7) is 17.6. The number of ether oxygens (including phenoxy) is 3. The lowest BCUT2D eigenvalue weighted by molar-refractivity contribution is -0.137. The minimum Gasteiger partial charge on any atom is -0.508 e. The highest BCUT2D eigenvalue weighted by atomic mass is 35.5. The molecular formula is C81H77ClF3N3O9S3. The molecule has 0 saturated heterocycles. The van der Waals surface area contributed by atoms with Crippen molar-refractivity contribution in [3.05, 3.63) is 247 Å². The van der Waals surface area contributed by atoms with Crippen LogP contribution in [-0.2, 0) is 6.18 Å². The first-order valence-corrected chi connectivity index (χ1v) is 35.9. The fourth-order valence-electron chi connectivity index (χ4n) is 11.2. The topological polar surface area (TPSA) is 176 Å². The fraction of sp³-hybridized carbons (Fsp3) is 0.222. The van der Waals surface area contributed by atoms with E-state index < -0.39 is 11.7 Å². The molecule has 100 heavy (non-hydrogen) atoms. The largest absolute Gasteiger partial charge is 0.508 e. The molecule has 9 aromatic carbocycles. The number of thiophene rings is 3. The smallest absolute Gasteiger partial charge is 0.416 e. The number of carbonyl (C=O) groups excluding carboxylic acids is 3. The number of nitrogens with one attached hydrogen (secondary N) is 3. The van der Waals surface area contributed by atoms with Gasteiger partial charge in [-0.2, -0.15) is 13.2 Å². The maximum absolute atomic E-state index is 13.7. The number of aryl methyl sites for hydroxylation is 2. The number of rotatable bonds is 27. The van der Waals surface area contributed by atoms with E-state index in [1.54, 1.807) is 66.7 Å². The lowest BCUT2D eigenvalue weighted by Gasteiger charge is -2.10. The quantitative estimate of drug-likeness (QED) is 0.0213. The number of fused-ring (bicyclic) bond motifs is 3. The second-order valence-corrected chi connectivity index (χ2v) is 27.2. The Bertz CT molecular complexity index is 4770. The zero-order valence-electron chi connectivity index (χ0n) is 56.0. The average Bonchev–Trinajstić information content (AvgIpc) is 1.62. The lowest BCUT2D eigenvalue weighted by atomic mass is 9.95. The number of phenolic OH excluding ortho intramolecular Hbond substituents is 3. The lowest BCUT2D eigenvalue weighted by Crippen LogP contribution is -2.16. The summed E-state index contributed by atoms with van der Waals surface area (Å²) >= 11 is 10.0. The minimum atomic E-state index is -4.47. The molecule has 0 atom stereocenters. The number of hydrogen-bond acceptors (Lipinski definition) is 15. The summed E-state index contributed by atoms with van der Waals surface area (Å²) in [6, 6.07) is 55.6. The van der Waals surface area contributed by atoms with E-state index in [4.69, 9.17) is 25.8 Å². The molecule has 6 N–H and O–H groups in total. The Morgan fingerprint density at radius 3 is 1.11 bits per heavy atom. The Morgan fingerprint density at radius 1 is 0.430 bits per heavy atom. The fourth-order valence-corrected chi connectivity index (χ4v) is 15.0. The van der Waals surface area contributed by atoms with Gasteiger partial charge in [-0.25, -0.2) is 0 Å².